The molecule has 9 heteroatoms. The van der Waals surface area contributed by atoms with Crippen molar-refractivity contribution in [3.63, 3.8) is 0 Å². The summed E-state index contributed by atoms with van der Waals surface area (Å²) in [6.07, 6.45) is -4.07. The maximum Gasteiger partial charge on any atom is 0.416 e. The second-order valence-electron chi connectivity index (χ2n) is 6.68. The van der Waals surface area contributed by atoms with Crippen LogP contribution in [-0.4, -0.2) is 73.6 Å². The predicted octanol–water partition coefficient (Wildman–Crippen LogP) is 1.37. The average Bonchev–Trinajstić information content (AvgIpc) is 2.68. The third kappa shape index (κ3) is 4.98. The lowest BCUT2D eigenvalue weighted by Crippen LogP contribution is -2.52. The first kappa shape index (κ1) is 19.6. The largest absolute Gasteiger partial charge is 0.416 e. The van der Waals surface area contributed by atoms with Gasteiger partial charge in [-0.1, -0.05) is 0 Å². The molecule has 1 aromatic rings. The van der Waals surface area contributed by atoms with Gasteiger partial charge in [0.2, 0.25) is 5.91 Å². The molecule has 2 aliphatic rings. The molecule has 2 saturated heterocycles. The Morgan fingerprint density at radius 1 is 1.07 bits per heavy atom. The molecule has 0 bridgehead atoms. The molecular weight excluding hydrogens is 363 g/mol. The molecule has 2 heterocycles. The van der Waals surface area contributed by atoms with Crippen LogP contribution in [0.4, 0.5) is 13.2 Å². The van der Waals surface area contributed by atoms with Gasteiger partial charge < -0.3 is 19.9 Å². The Kier molecular flexibility index (Phi) is 6.01. The lowest BCUT2D eigenvalue weighted by atomic mass is 10.1. The number of hydrogen-bond donors (Lipinski definition) is 1. The molecule has 6 nitrogen and oxygen atoms in total. The minimum Gasteiger partial charge on any atom is -0.378 e. The number of halogens is 3. The van der Waals surface area contributed by atoms with Crippen molar-refractivity contribution in [2.75, 3.05) is 45.9 Å². The second-order valence-corrected chi connectivity index (χ2v) is 6.68. The van der Waals surface area contributed by atoms with Crippen LogP contribution >= 0.6 is 0 Å². The van der Waals surface area contributed by atoms with E-state index in [-0.39, 0.29) is 23.4 Å². The van der Waals surface area contributed by atoms with Gasteiger partial charge in [0.05, 0.1) is 18.8 Å². The number of hydrogen-bond acceptors (Lipinski definition) is 4. The minimum atomic E-state index is -4.42. The number of benzene rings is 1. The van der Waals surface area contributed by atoms with Gasteiger partial charge in [-0.2, -0.15) is 13.2 Å². The van der Waals surface area contributed by atoms with E-state index in [0.29, 0.717) is 45.8 Å². The lowest BCUT2D eigenvalue weighted by molar-refractivity contribution is -0.137. The molecule has 2 amide bonds. The van der Waals surface area contributed by atoms with E-state index < -0.39 is 11.7 Å². The Balaban J connectivity index is 1.50. The molecule has 1 unspecified atom stereocenters. The Morgan fingerprint density at radius 2 is 1.70 bits per heavy atom. The molecule has 27 heavy (non-hydrogen) atoms. The summed E-state index contributed by atoms with van der Waals surface area (Å²) in [6.45, 7) is 3.44. The van der Waals surface area contributed by atoms with E-state index in [1.165, 1.54) is 12.1 Å². The summed E-state index contributed by atoms with van der Waals surface area (Å²) in [5, 5.41) is 3.24. The van der Waals surface area contributed by atoms with E-state index in [0.717, 1.165) is 18.7 Å². The van der Waals surface area contributed by atoms with Crippen LogP contribution in [0.1, 0.15) is 22.3 Å². The van der Waals surface area contributed by atoms with Crippen LogP contribution in [0.3, 0.4) is 0 Å². The Labute approximate surface area is 155 Å². The molecule has 0 aliphatic carbocycles. The number of carbonyl (C=O) groups is 2. The van der Waals surface area contributed by atoms with E-state index in [9.17, 15) is 22.8 Å². The molecule has 1 atom stereocenters. The van der Waals surface area contributed by atoms with Crippen LogP contribution in [0.25, 0.3) is 0 Å². The summed E-state index contributed by atoms with van der Waals surface area (Å²) in [6, 6.07) is 4.21. The fourth-order valence-electron chi connectivity index (χ4n) is 3.23. The number of alkyl halides is 3. The van der Waals surface area contributed by atoms with Crippen molar-refractivity contribution >= 4 is 11.8 Å². The van der Waals surface area contributed by atoms with E-state index in [4.69, 9.17) is 4.74 Å². The molecular formula is C18H22F3N3O3. The maximum atomic E-state index is 12.6. The molecule has 3 rings (SSSR count). The van der Waals surface area contributed by atoms with Crippen LogP contribution in [0, 0.1) is 0 Å². The van der Waals surface area contributed by atoms with E-state index in [1.807, 2.05) is 0 Å². The summed E-state index contributed by atoms with van der Waals surface area (Å²) < 4.78 is 43.2. The number of amides is 2. The average molecular weight is 385 g/mol. The molecule has 0 saturated carbocycles. The first-order valence-electron chi connectivity index (χ1n) is 8.90. The summed E-state index contributed by atoms with van der Waals surface area (Å²) in [4.78, 5) is 28.1. The third-order valence-corrected chi connectivity index (χ3v) is 4.80. The van der Waals surface area contributed by atoms with Gasteiger partial charge in [-0.3, -0.25) is 9.59 Å². The van der Waals surface area contributed by atoms with E-state index in [2.05, 4.69) is 5.32 Å². The fraction of sp³-hybridized carbons (Fsp3) is 0.556. The monoisotopic (exact) mass is 385 g/mol. The van der Waals surface area contributed by atoms with E-state index in [1.54, 1.807) is 9.80 Å². The number of morpholine rings is 1. The predicted molar refractivity (Wildman–Crippen MR) is 91.2 cm³/mol. The topological polar surface area (TPSA) is 61.9 Å². The zero-order valence-corrected chi connectivity index (χ0v) is 14.8. The summed E-state index contributed by atoms with van der Waals surface area (Å²) in [5.41, 5.74) is -0.568. The standard InChI is InChI=1S/C18H22F3N3O3/c19-18(20,21)14-3-1-13(2-4-14)17(26)24-8-6-23(7-9-24)16(25)11-15-12-27-10-5-22-15/h1-4,15,22H,5-12H2. The number of ether oxygens (including phenoxy) is 1. The van der Waals surface area contributed by atoms with Gasteiger partial charge in [-0.15, -0.1) is 0 Å². The minimum absolute atomic E-state index is 0.0121. The Morgan fingerprint density at radius 3 is 2.26 bits per heavy atom. The van der Waals surface area contributed by atoms with Crippen molar-refractivity contribution in [1.29, 1.82) is 0 Å². The normalized spacial score (nSPS) is 21.2. The molecule has 0 radical (unpaired) electrons. The highest BCUT2D eigenvalue weighted by Gasteiger charge is 2.31. The number of carbonyl (C=O) groups excluding carboxylic acids is 2. The van der Waals surface area contributed by atoms with Crippen molar-refractivity contribution < 1.29 is 27.5 Å². The summed E-state index contributed by atoms with van der Waals surface area (Å²) >= 11 is 0. The van der Waals surface area contributed by atoms with Crippen molar-refractivity contribution in [3.05, 3.63) is 35.4 Å². The Bertz CT molecular complexity index is 665. The van der Waals surface area contributed by atoms with Crippen molar-refractivity contribution in [3.8, 4) is 0 Å². The molecule has 1 N–H and O–H groups in total. The quantitative estimate of drug-likeness (QED) is 0.854. The van der Waals surface area contributed by atoms with Gasteiger partial charge in [0.1, 0.15) is 0 Å². The van der Waals surface area contributed by atoms with Gasteiger partial charge in [-0.25, -0.2) is 0 Å². The first-order valence-corrected chi connectivity index (χ1v) is 8.90. The number of nitrogens with one attached hydrogen (secondary N) is 1. The van der Waals surface area contributed by atoms with Gasteiger partial charge in [0.15, 0.2) is 0 Å². The van der Waals surface area contributed by atoms with Crippen LogP contribution in [0.15, 0.2) is 24.3 Å². The molecule has 0 aromatic heterocycles. The molecule has 0 spiro atoms. The first-order chi connectivity index (χ1) is 12.8. The van der Waals surface area contributed by atoms with Crippen molar-refractivity contribution in [2.45, 2.75) is 18.6 Å². The van der Waals surface area contributed by atoms with Crippen LogP contribution < -0.4 is 5.32 Å². The molecule has 1 aromatic carbocycles. The number of nitrogens with zero attached hydrogens (tertiary/aromatic N) is 2. The zero-order chi connectivity index (χ0) is 19.4. The highest BCUT2D eigenvalue weighted by Crippen LogP contribution is 2.29. The van der Waals surface area contributed by atoms with Gasteiger partial charge >= 0.3 is 6.18 Å². The summed E-state index contributed by atoms with van der Waals surface area (Å²) in [5.74, 6) is -0.308. The number of piperazine rings is 1. The Hall–Kier alpha value is -2.13. The van der Waals surface area contributed by atoms with Crippen LogP contribution in [0.5, 0.6) is 0 Å². The van der Waals surface area contributed by atoms with Crippen LogP contribution in [-0.2, 0) is 15.7 Å². The molecule has 2 aliphatic heterocycles. The number of rotatable bonds is 3. The van der Waals surface area contributed by atoms with Gasteiger partial charge in [-0.05, 0) is 24.3 Å². The van der Waals surface area contributed by atoms with Gasteiger partial charge in [0, 0.05) is 50.7 Å². The van der Waals surface area contributed by atoms with Gasteiger partial charge in [0.25, 0.3) is 5.91 Å². The SMILES string of the molecule is O=C(CC1COCCN1)N1CCN(C(=O)c2ccc(C(F)(F)F)cc2)CC1. The smallest absolute Gasteiger partial charge is 0.378 e. The second kappa shape index (κ2) is 8.26. The molecule has 148 valence electrons. The summed E-state index contributed by atoms with van der Waals surface area (Å²) in [7, 11) is 0. The van der Waals surface area contributed by atoms with E-state index >= 15 is 0 Å². The molecule has 2 fully saturated rings. The van der Waals surface area contributed by atoms with Crippen molar-refractivity contribution in [1.82, 2.24) is 15.1 Å². The maximum absolute atomic E-state index is 12.6. The van der Waals surface area contributed by atoms with Crippen molar-refractivity contribution in [2.24, 2.45) is 0 Å². The highest BCUT2D eigenvalue weighted by molar-refractivity contribution is 5.94. The fourth-order valence-corrected chi connectivity index (χ4v) is 3.23. The van der Waals surface area contributed by atoms with Crippen LogP contribution in [0.2, 0.25) is 0 Å². The third-order valence-electron chi connectivity index (χ3n) is 4.80. The zero-order valence-electron chi connectivity index (χ0n) is 14.8. The highest BCUT2D eigenvalue weighted by atomic mass is 19.4. The lowest BCUT2D eigenvalue weighted by Gasteiger charge is -2.36.